The highest BCUT2D eigenvalue weighted by molar-refractivity contribution is 5.69. The molecular formula is C45H80O6. The summed E-state index contributed by atoms with van der Waals surface area (Å²) in [4.78, 5) is 24.0. The zero-order valence-corrected chi connectivity index (χ0v) is 33.5. The van der Waals surface area contributed by atoms with E-state index in [-0.39, 0.29) is 25.2 Å². The first kappa shape index (κ1) is 47.1. The molecule has 0 bridgehead atoms. The molecule has 1 saturated heterocycles. The summed E-state index contributed by atoms with van der Waals surface area (Å²) in [7, 11) is 0. The van der Waals surface area contributed by atoms with E-state index in [0.717, 1.165) is 50.9 Å². The minimum Gasteiger partial charge on any atom is -0.463 e. The van der Waals surface area contributed by atoms with Crippen LogP contribution in [0.3, 0.4) is 0 Å². The van der Waals surface area contributed by atoms with Crippen molar-refractivity contribution in [3.8, 4) is 0 Å². The average Bonchev–Trinajstić information content (AvgIpc) is 3.87. The van der Waals surface area contributed by atoms with Crippen molar-refractivity contribution in [2.75, 3.05) is 13.2 Å². The van der Waals surface area contributed by atoms with Crippen LogP contribution in [0, 0.1) is 5.92 Å². The van der Waals surface area contributed by atoms with Crippen LogP contribution in [0.1, 0.15) is 201 Å². The van der Waals surface area contributed by atoms with Crippen molar-refractivity contribution in [2.45, 2.75) is 219 Å². The minimum absolute atomic E-state index is 0.134. The number of hydrogen-bond acceptors (Lipinski definition) is 6. The van der Waals surface area contributed by atoms with Gasteiger partial charge in [-0.3, -0.25) is 9.59 Å². The van der Waals surface area contributed by atoms with Gasteiger partial charge in [0.25, 0.3) is 0 Å². The van der Waals surface area contributed by atoms with Gasteiger partial charge in [0.1, 0.15) is 19.3 Å². The van der Waals surface area contributed by atoms with E-state index in [1.54, 1.807) is 0 Å². The van der Waals surface area contributed by atoms with Gasteiger partial charge in [-0.15, -0.1) is 0 Å². The fourth-order valence-corrected chi connectivity index (χ4v) is 6.36. The number of aliphatic hydroxyl groups excluding tert-OH is 1. The number of carbonyl (C=O) groups excluding carboxylic acids is 2. The molecule has 1 fully saturated rings. The summed E-state index contributed by atoms with van der Waals surface area (Å²) in [6.07, 6.45) is 45.3. The Hall–Kier alpha value is -1.92. The lowest BCUT2D eigenvalue weighted by molar-refractivity contribution is -0.152. The van der Waals surface area contributed by atoms with Crippen molar-refractivity contribution >= 4 is 11.9 Å². The van der Waals surface area contributed by atoms with E-state index in [9.17, 15) is 14.7 Å². The van der Waals surface area contributed by atoms with Crippen LogP contribution < -0.4 is 0 Å². The van der Waals surface area contributed by atoms with Gasteiger partial charge in [-0.05, 0) is 50.9 Å². The first-order valence-electron chi connectivity index (χ1n) is 21.5. The largest absolute Gasteiger partial charge is 0.463 e. The molecule has 51 heavy (non-hydrogen) atoms. The van der Waals surface area contributed by atoms with E-state index in [2.05, 4.69) is 57.2 Å². The molecule has 6 nitrogen and oxygen atoms in total. The van der Waals surface area contributed by atoms with Gasteiger partial charge in [0.15, 0.2) is 0 Å². The fraction of sp³-hybridized carbons (Fsp3) is 0.822. The van der Waals surface area contributed by atoms with Crippen molar-refractivity contribution in [3.05, 3.63) is 36.5 Å². The third kappa shape index (κ3) is 33.7. The highest BCUT2D eigenvalue weighted by atomic mass is 16.6. The summed E-state index contributed by atoms with van der Waals surface area (Å²) in [5.74, 6) is 0.228. The molecule has 0 aromatic heterocycles. The Bertz CT molecular complexity index is 893. The van der Waals surface area contributed by atoms with Gasteiger partial charge in [0.05, 0.1) is 12.2 Å². The van der Waals surface area contributed by atoms with Crippen LogP contribution >= 0.6 is 0 Å². The SMILES string of the molecule is CCCCCC1OC1C/C=C\C/C=C\C/C=C\CCCC(=O)OC[C@H](O)COC(=O)CCCCCCCCCCCCCCCCCCC(C)C. The zero-order chi connectivity index (χ0) is 37.0. The van der Waals surface area contributed by atoms with Gasteiger partial charge in [0.2, 0.25) is 0 Å². The molecule has 1 aliphatic rings. The number of epoxide rings is 1. The Balaban J connectivity index is 1.82. The smallest absolute Gasteiger partial charge is 0.305 e. The normalized spacial score (nSPS) is 16.6. The number of aliphatic hydroxyl groups is 1. The van der Waals surface area contributed by atoms with E-state index in [0.29, 0.717) is 31.5 Å². The van der Waals surface area contributed by atoms with Crippen LogP contribution in [0.4, 0.5) is 0 Å². The van der Waals surface area contributed by atoms with E-state index < -0.39 is 6.10 Å². The van der Waals surface area contributed by atoms with Crippen LogP contribution in [0.2, 0.25) is 0 Å². The molecule has 0 spiro atoms. The Morgan fingerprint density at radius 3 is 1.59 bits per heavy atom. The van der Waals surface area contributed by atoms with Gasteiger partial charge >= 0.3 is 11.9 Å². The summed E-state index contributed by atoms with van der Waals surface area (Å²) in [6.45, 7) is 6.59. The standard InChI is InChI=1S/C45H80O6/c1-4-5-28-34-42-43(51-42)35-30-25-21-17-14-15-19-23-27-32-37-45(48)50-39-41(46)38-49-44(47)36-31-26-22-18-13-11-9-7-6-8-10-12-16-20-24-29-33-40(2)3/h14,17,19,23,25,30,40-43,46H,4-13,15-16,18,20-22,24,26-29,31-39H2,1-3H3/b17-14-,23-19-,30-25-/t41-,42?,43?/m1/s1. The number of rotatable bonds is 37. The van der Waals surface area contributed by atoms with Crippen LogP contribution in [0.15, 0.2) is 36.5 Å². The molecule has 1 heterocycles. The van der Waals surface area contributed by atoms with Crippen LogP contribution in [-0.2, 0) is 23.8 Å². The molecular weight excluding hydrogens is 636 g/mol. The number of carbonyl (C=O) groups is 2. The summed E-state index contributed by atoms with van der Waals surface area (Å²) in [6, 6.07) is 0. The van der Waals surface area contributed by atoms with E-state index >= 15 is 0 Å². The highest BCUT2D eigenvalue weighted by Crippen LogP contribution is 2.30. The molecule has 296 valence electrons. The number of unbranched alkanes of at least 4 members (excludes halogenated alkanes) is 18. The number of ether oxygens (including phenoxy) is 3. The van der Waals surface area contributed by atoms with Crippen LogP contribution in [0.25, 0.3) is 0 Å². The van der Waals surface area contributed by atoms with Crippen LogP contribution in [-0.4, -0.2) is 48.6 Å². The van der Waals surface area contributed by atoms with Gasteiger partial charge < -0.3 is 19.3 Å². The minimum atomic E-state index is -0.988. The lowest BCUT2D eigenvalue weighted by Gasteiger charge is -2.12. The molecule has 6 heteroatoms. The molecule has 1 aliphatic heterocycles. The second-order valence-electron chi connectivity index (χ2n) is 15.3. The van der Waals surface area contributed by atoms with Gasteiger partial charge in [-0.25, -0.2) is 0 Å². The molecule has 0 amide bonds. The van der Waals surface area contributed by atoms with Crippen LogP contribution in [0.5, 0.6) is 0 Å². The molecule has 0 aliphatic carbocycles. The summed E-state index contributed by atoms with van der Waals surface area (Å²) in [5, 5.41) is 10.0. The molecule has 0 saturated carbocycles. The Kier molecular flexibility index (Phi) is 32.4. The Labute approximate surface area is 314 Å². The monoisotopic (exact) mass is 717 g/mol. The quantitative estimate of drug-likeness (QED) is 0.0298. The number of allylic oxidation sites excluding steroid dienone is 5. The predicted octanol–water partition coefficient (Wildman–Crippen LogP) is 12.5. The summed E-state index contributed by atoms with van der Waals surface area (Å²) in [5.41, 5.74) is 0. The molecule has 0 aromatic rings. The summed E-state index contributed by atoms with van der Waals surface area (Å²) < 4.78 is 16.0. The van der Waals surface area contributed by atoms with Crippen molar-refractivity contribution < 1.29 is 28.9 Å². The van der Waals surface area contributed by atoms with E-state index in [4.69, 9.17) is 14.2 Å². The fourth-order valence-electron chi connectivity index (χ4n) is 6.36. The Morgan fingerprint density at radius 1 is 0.588 bits per heavy atom. The topological polar surface area (TPSA) is 85.4 Å². The molecule has 3 atom stereocenters. The lowest BCUT2D eigenvalue weighted by Crippen LogP contribution is -2.25. The zero-order valence-electron chi connectivity index (χ0n) is 33.5. The first-order chi connectivity index (χ1) is 24.9. The number of esters is 2. The highest BCUT2D eigenvalue weighted by Gasteiger charge is 2.36. The second kappa shape index (κ2) is 35.1. The maximum Gasteiger partial charge on any atom is 0.305 e. The maximum atomic E-state index is 12.0. The number of hydrogen-bond donors (Lipinski definition) is 1. The second-order valence-corrected chi connectivity index (χ2v) is 15.3. The average molecular weight is 717 g/mol. The van der Waals surface area contributed by atoms with Crippen molar-refractivity contribution in [1.29, 1.82) is 0 Å². The Morgan fingerprint density at radius 2 is 1.06 bits per heavy atom. The molecule has 1 rings (SSSR count). The predicted molar refractivity (Wildman–Crippen MR) is 214 cm³/mol. The van der Waals surface area contributed by atoms with E-state index in [1.165, 1.54) is 116 Å². The van der Waals surface area contributed by atoms with Gasteiger partial charge in [-0.2, -0.15) is 0 Å². The molecule has 1 N–H and O–H groups in total. The van der Waals surface area contributed by atoms with Crippen molar-refractivity contribution in [2.24, 2.45) is 5.92 Å². The van der Waals surface area contributed by atoms with E-state index in [1.807, 2.05) is 0 Å². The third-order valence-corrected chi connectivity index (χ3v) is 9.73. The molecule has 0 aromatic carbocycles. The molecule has 2 unspecified atom stereocenters. The first-order valence-corrected chi connectivity index (χ1v) is 21.5. The van der Waals surface area contributed by atoms with Gasteiger partial charge in [0, 0.05) is 12.8 Å². The summed E-state index contributed by atoms with van der Waals surface area (Å²) >= 11 is 0. The van der Waals surface area contributed by atoms with Crippen molar-refractivity contribution in [3.63, 3.8) is 0 Å². The third-order valence-electron chi connectivity index (χ3n) is 9.73. The molecule has 0 radical (unpaired) electrons. The lowest BCUT2D eigenvalue weighted by atomic mass is 10.0. The van der Waals surface area contributed by atoms with Crippen molar-refractivity contribution in [1.82, 2.24) is 0 Å². The van der Waals surface area contributed by atoms with Gasteiger partial charge in [-0.1, -0.05) is 179 Å². The maximum absolute atomic E-state index is 12.0.